The maximum absolute atomic E-state index is 12.7. The quantitative estimate of drug-likeness (QED) is 0.822. The molecule has 0 N–H and O–H groups in total. The fraction of sp³-hybridized carbons (Fsp3) is 0.571. The topological polar surface area (TPSA) is 65.1 Å². The van der Waals surface area contributed by atoms with Crippen LogP contribution >= 0.6 is 0 Å². The smallest absolute Gasteiger partial charge is 0.243 e. The first kappa shape index (κ1) is 14.6. The second-order valence-electron chi connectivity index (χ2n) is 5.38. The fourth-order valence-electron chi connectivity index (χ4n) is 2.66. The molecule has 1 saturated heterocycles. The lowest BCUT2D eigenvalue weighted by molar-refractivity contribution is -0.0440. The van der Waals surface area contributed by atoms with Crippen molar-refractivity contribution in [3.8, 4) is 11.5 Å². The third-order valence-electron chi connectivity index (χ3n) is 3.54. The molecule has 0 radical (unpaired) electrons. The van der Waals surface area contributed by atoms with Gasteiger partial charge >= 0.3 is 0 Å². The molecule has 0 aromatic heterocycles. The molecule has 0 aliphatic carbocycles. The van der Waals surface area contributed by atoms with Crippen LogP contribution in [0.3, 0.4) is 0 Å². The summed E-state index contributed by atoms with van der Waals surface area (Å²) < 4.78 is 43.4. The standard InChI is InChI=1S/C14H19NO5S/c1-10-8-15(9-11(2)20-10)21(16,17)12-3-4-13-14(7-12)19-6-5-18-13/h3-4,7,10-11H,5-6,8-9H2,1-2H3/t10-,11-/m0/s1. The van der Waals surface area contributed by atoms with Gasteiger partial charge < -0.3 is 14.2 Å². The number of benzene rings is 1. The van der Waals surface area contributed by atoms with Gasteiger partial charge in [-0.1, -0.05) is 0 Å². The number of ether oxygens (including phenoxy) is 3. The van der Waals surface area contributed by atoms with Gasteiger partial charge in [0.1, 0.15) is 13.2 Å². The lowest BCUT2D eigenvalue weighted by atomic mass is 10.3. The summed E-state index contributed by atoms with van der Waals surface area (Å²) in [6.45, 7) is 5.39. The molecule has 116 valence electrons. The second-order valence-corrected chi connectivity index (χ2v) is 7.32. The van der Waals surface area contributed by atoms with E-state index in [4.69, 9.17) is 14.2 Å². The molecule has 0 spiro atoms. The summed E-state index contributed by atoms with van der Waals surface area (Å²) in [4.78, 5) is 0.230. The van der Waals surface area contributed by atoms with Crippen molar-refractivity contribution in [1.82, 2.24) is 4.31 Å². The molecular weight excluding hydrogens is 294 g/mol. The maximum atomic E-state index is 12.7. The van der Waals surface area contributed by atoms with Gasteiger partial charge in [-0.15, -0.1) is 0 Å². The Bertz CT molecular complexity index is 620. The Morgan fingerprint density at radius 3 is 2.33 bits per heavy atom. The highest BCUT2D eigenvalue weighted by atomic mass is 32.2. The van der Waals surface area contributed by atoms with E-state index in [0.29, 0.717) is 37.8 Å². The second kappa shape index (κ2) is 5.47. The third kappa shape index (κ3) is 2.86. The largest absolute Gasteiger partial charge is 0.486 e. The van der Waals surface area contributed by atoms with Crippen molar-refractivity contribution in [2.45, 2.75) is 31.0 Å². The molecular formula is C14H19NO5S. The number of hydrogen-bond acceptors (Lipinski definition) is 5. The van der Waals surface area contributed by atoms with Crippen LogP contribution in [-0.2, 0) is 14.8 Å². The van der Waals surface area contributed by atoms with Gasteiger partial charge in [-0.2, -0.15) is 4.31 Å². The zero-order chi connectivity index (χ0) is 15.0. The molecule has 21 heavy (non-hydrogen) atoms. The van der Waals surface area contributed by atoms with Gasteiger partial charge in [-0.3, -0.25) is 0 Å². The number of nitrogens with zero attached hydrogens (tertiary/aromatic N) is 1. The maximum Gasteiger partial charge on any atom is 0.243 e. The summed E-state index contributed by atoms with van der Waals surface area (Å²) in [5.74, 6) is 1.07. The van der Waals surface area contributed by atoms with Crippen LogP contribution in [0.25, 0.3) is 0 Å². The van der Waals surface area contributed by atoms with Crippen molar-refractivity contribution >= 4 is 10.0 Å². The molecule has 7 heteroatoms. The zero-order valence-electron chi connectivity index (χ0n) is 12.1. The van der Waals surface area contributed by atoms with E-state index in [2.05, 4.69) is 0 Å². The van der Waals surface area contributed by atoms with Crippen LogP contribution in [0.5, 0.6) is 11.5 Å². The van der Waals surface area contributed by atoms with Gasteiger partial charge in [-0.25, -0.2) is 8.42 Å². The predicted molar refractivity (Wildman–Crippen MR) is 76.2 cm³/mol. The van der Waals surface area contributed by atoms with E-state index in [0.717, 1.165) is 0 Å². The normalized spacial score (nSPS) is 26.6. The van der Waals surface area contributed by atoms with E-state index in [-0.39, 0.29) is 17.1 Å². The number of morpholine rings is 1. The van der Waals surface area contributed by atoms with Crippen LogP contribution in [0.2, 0.25) is 0 Å². The SMILES string of the molecule is C[C@H]1CN(S(=O)(=O)c2ccc3c(c2)OCCO3)C[C@H](C)O1. The van der Waals surface area contributed by atoms with Crippen LogP contribution < -0.4 is 9.47 Å². The molecule has 0 saturated carbocycles. The molecule has 6 nitrogen and oxygen atoms in total. The van der Waals surface area contributed by atoms with Crippen molar-refractivity contribution in [2.75, 3.05) is 26.3 Å². The number of rotatable bonds is 2. The monoisotopic (exact) mass is 313 g/mol. The van der Waals surface area contributed by atoms with Gasteiger partial charge in [0.2, 0.25) is 10.0 Å². The Hall–Kier alpha value is -1.31. The molecule has 3 rings (SSSR count). The van der Waals surface area contributed by atoms with Gasteiger partial charge in [0.25, 0.3) is 0 Å². The lowest BCUT2D eigenvalue weighted by Gasteiger charge is -2.34. The Kier molecular flexibility index (Phi) is 3.81. The van der Waals surface area contributed by atoms with Crippen LogP contribution in [0.1, 0.15) is 13.8 Å². The summed E-state index contributed by atoms with van der Waals surface area (Å²) in [5, 5.41) is 0. The van der Waals surface area contributed by atoms with Crippen LogP contribution in [0.15, 0.2) is 23.1 Å². The van der Waals surface area contributed by atoms with Crippen molar-refractivity contribution in [1.29, 1.82) is 0 Å². The first-order valence-corrected chi connectivity index (χ1v) is 8.46. The summed E-state index contributed by atoms with van der Waals surface area (Å²) in [5.41, 5.74) is 0. The molecule has 0 amide bonds. The summed E-state index contributed by atoms with van der Waals surface area (Å²) >= 11 is 0. The summed E-state index contributed by atoms with van der Waals surface area (Å²) in [7, 11) is -3.54. The minimum Gasteiger partial charge on any atom is -0.486 e. The molecule has 0 bridgehead atoms. The average molecular weight is 313 g/mol. The van der Waals surface area contributed by atoms with Crippen molar-refractivity contribution < 1.29 is 22.6 Å². The van der Waals surface area contributed by atoms with Crippen LogP contribution in [0.4, 0.5) is 0 Å². The fourth-order valence-corrected chi connectivity index (χ4v) is 4.27. The molecule has 1 aromatic carbocycles. The number of sulfonamides is 1. The van der Waals surface area contributed by atoms with E-state index in [1.807, 2.05) is 13.8 Å². The highest BCUT2D eigenvalue weighted by Crippen LogP contribution is 2.33. The third-order valence-corrected chi connectivity index (χ3v) is 5.37. The Morgan fingerprint density at radius 1 is 1.05 bits per heavy atom. The van der Waals surface area contributed by atoms with Gasteiger partial charge in [0.05, 0.1) is 17.1 Å². The molecule has 2 heterocycles. The molecule has 2 aliphatic rings. The van der Waals surface area contributed by atoms with E-state index in [1.54, 1.807) is 12.1 Å². The predicted octanol–water partition coefficient (Wildman–Crippen LogP) is 1.26. The van der Waals surface area contributed by atoms with Crippen LogP contribution in [-0.4, -0.2) is 51.2 Å². The minimum atomic E-state index is -3.54. The summed E-state index contributed by atoms with van der Waals surface area (Å²) in [6.07, 6.45) is -0.221. The highest BCUT2D eigenvalue weighted by molar-refractivity contribution is 7.89. The van der Waals surface area contributed by atoms with E-state index in [1.165, 1.54) is 10.4 Å². The number of fused-ring (bicyclic) bond motifs is 1. The van der Waals surface area contributed by atoms with Crippen molar-refractivity contribution in [3.63, 3.8) is 0 Å². The van der Waals surface area contributed by atoms with Gasteiger partial charge in [0.15, 0.2) is 11.5 Å². The Labute approximate surface area is 124 Å². The average Bonchev–Trinajstić information content (AvgIpc) is 2.45. The Morgan fingerprint density at radius 2 is 1.67 bits per heavy atom. The molecule has 0 unspecified atom stereocenters. The van der Waals surface area contributed by atoms with E-state index in [9.17, 15) is 8.42 Å². The zero-order valence-corrected chi connectivity index (χ0v) is 12.9. The van der Waals surface area contributed by atoms with E-state index >= 15 is 0 Å². The molecule has 2 aliphatic heterocycles. The molecule has 1 aromatic rings. The van der Waals surface area contributed by atoms with Crippen LogP contribution in [0, 0.1) is 0 Å². The first-order chi connectivity index (χ1) is 9.96. The van der Waals surface area contributed by atoms with Crippen molar-refractivity contribution in [2.24, 2.45) is 0 Å². The van der Waals surface area contributed by atoms with Gasteiger partial charge in [0, 0.05) is 19.2 Å². The first-order valence-electron chi connectivity index (χ1n) is 7.02. The van der Waals surface area contributed by atoms with Gasteiger partial charge in [-0.05, 0) is 26.0 Å². The number of hydrogen-bond donors (Lipinski definition) is 0. The highest BCUT2D eigenvalue weighted by Gasteiger charge is 2.32. The minimum absolute atomic E-state index is 0.110. The summed E-state index contributed by atoms with van der Waals surface area (Å²) in [6, 6.07) is 4.75. The lowest BCUT2D eigenvalue weighted by Crippen LogP contribution is -2.48. The molecule has 2 atom stereocenters. The van der Waals surface area contributed by atoms with E-state index < -0.39 is 10.0 Å². The molecule has 1 fully saturated rings. The Balaban J connectivity index is 1.91. The van der Waals surface area contributed by atoms with Crippen molar-refractivity contribution in [3.05, 3.63) is 18.2 Å².